The van der Waals surface area contributed by atoms with Crippen molar-refractivity contribution in [3.05, 3.63) is 23.8 Å². The summed E-state index contributed by atoms with van der Waals surface area (Å²) in [6.45, 7) is 5.38. The van der Waals surface area contributed by atoms with Crippen LogP contribution in [0.25, 0.3) is 0 Å². The van der Waals surface area contributed by atoms with Crippen molar-refractivity contribution < 1.29 is 45.6 Å². The fourth-order valence-corrected chi connectivity index (χ4v) is 8.23. The van der Waals surface area contributed by atoms with Crippen LogP contribution in [0, 0.1) is 28.6 Å². The van der Waals surface area contributed by atoms with Crippen molar-refractivity contribution in [2.45, 2.75) is 76.9 Å². The molecule has 0 amide bonds. The number of ketones is 2. The van der Waals surface area contributed by atoms with E-state index in [2.05, 4.69) is 0 Å². The van der Waals surface area contributed by atoms with Gasteiger partial charge in [0.2, 0.25) is 5.78 Å². The molecule has 8 nitrogen and oxygen atoms in total. The molecule has 0 aromatic rings. The lowest BCUT2D eigenvalue weighted by atomic mass is 9.44. The number of hydrogen-bond acceptors (Lipinski definition) is 8. The minimum Gasteiger partial charge on any atom is -0.450 e. The van der Waals surface area contributed by atoms with E-state index in [1.807, 2.05) is 0 Å². The molecule has 1 N–H and O–H groups in total. The number of hydrogen-bond donors (Lipinski definition) is 1. The maximum absolute atomic E-state index is 17.3. The lowest BCUT2D eigenvalue weighted by Gasteiger charge is -2.63. The maximum atomic E-state index is 17.3. The molecule has 0 heterocycles. The van der Waals surface area contributed by atoms with Crippen LogP contribution in [0.2, 0.25) is 0 Å². The van der Waals surface area contributed by atoms with E-state index in [1.54, 1.807) is 13.8 Å². The highest BCUT2D eigenvalue weighted by molar-refractivity contribution is 7.86. The third kappa shape index (κ3) is 3.78. The molecule has 0 bridgehead atoms. The van der Waals surface area contributed by atoms with E-state index in [-0.39, 0.29) is 31.3 Å². The van der Waals surface area contributed by atoms with E-state index in [1.165, 1.54) is 26.0 Å². The van der Waals surface area contributed by atoms with Crippen molar-refractivity contribution >= 4 is 27.7 Å². The van der Waals surface area contributed by atoms with Crippen LogP contribution in [0.15, 0.2) is 23.8 Å². The Morgan fingerprint density at radius 2 is 1.86 bits per heavy atom. The number of esters is 1. The summed E-state index contributed by atoms with van der Waals surface area (Å²) in [5, 5.41) is 11.5. The van der Waals surface area contributed by atoms with Crippen LogP contribution in [-0.4, -0.2) is 67.5 Å². The molecule has 206 valence electrons. The first-order valence-electron chi connectivity index (χ1n) is 12.5. The first-order valence-corrected chi connectivity index (χ1v) is 14.4. The van der Waals surface area contributed by atoms with Gasteiger partial charge in [0.25, 0.3) is 10.1 Å². The van der Waals surface area contributed by atoms with Crippen LogP contribution < -0.4 is 0 Å². The van der Waals surface area contributed by atoms with E-state index in [9.17, 15) is 27.9 Å². The molecule has 4 aliphatic rings. The number of ether oxygens (including phenoxy) is 1. The molecule has 0 aromatic heterocycles. The molecule has 0 spiro atoms. The largest absolute Gasteiger partial charge is 0.450 e. The number of carbonyl (C=O) groups is 3. The average molecular weight is 545 g/mol. The molecule has 4 aliphatic carbocycles. The molecule has 37 heavy (non-hydrogen) atoms. The second kappa shape index (κ2) is 8.77. The Bertz CT molecular complexity index is 1200. The maximum Gasteiger partial charge on any atom is 0.306 e. The SMILES string of the molecule is CCC(=O)O[C@]1(C(=O)COS(C)(=O)=O)[C@@H](C)C[C@H]2[C@H]3C[C@H](F)C4=CC(=O)C=C[C@@]4(C)[C@@]3(F)[C@@H](O)C[C@@]21C. The van der Waals surface area contributed by atoms with Crippen LogP contribution in [0.3, 0.4) is 0 Å². The molecule has 0 aliphatic heterocycles. The first-order chi connectivity index (χ1) is 17.0. The summed E-state index contributed by atoms with van der Waals surface area (Å²) in [6, 6.07) is 0. The zero-order valence-electron chi connectivity index (χ0n) is 21.6. The van der Waals surface area contributed by atoms with E-state index in [4.69, 9.17) is 8.92 Å². The lowest BCUT2D eigenvalue weighted by Crippen LogP contribution is -2.71. The Hall–Kier alpha value is -1.98. The van der Waals surface area contributed by atoms with Crippen molar-refractivity contribution in [2.24, 2.45) is 28.6 Å². The normalized spacial score (nSPS) is 44.9. The molecule has 11 heteroatoms. The van der Waals surface area contributed by atoms with E-state index in [0.29, 0.717) is 0 Å². The van der Waals surface area contributed by atoms with Gasteiger partial charge >= 0.3 is 5.97 Å². The number of rotatable bonds is 6. The molecular formula is C26H34F2O8S. The molecule has 3 saturated carbocycles. The number of aliphatic hydroxyl groups is 1. The average Bonchev–Trinajstić information content (AvgIpc) is 3.02. The molecule has 0 saturated heterocycles. The van der Waals surface area contributed by atoms with E-state index >= 15 is 8.78 Å². The van der Waals surface area contributed by atoms with Gasteiger partial charge in [-0.05, 0) is 49.8 Å². The van der Waals surface area contributed by atoms with Crippen LogP contribution in [0.4, 0.5) is 8.78 Å². The van der Waals surface area contributed by atoms with Crippen LogP contribution in [-0.2, 0) is 33.4 Å². The van der Waals surface area contributed by atoms with Gasteiger partial charge in [-0.1, -0.05) is 26.8 Å². The zero-order chi connectivity index (χ0) is 27.8. The third-order valence-corrected chi connectivity index (χ3v) is 10.1. The summed E-state index contributed by atoms with van der Waals surface area (Å²) in [5.74, 6) is -4.46. The number of aliphatic hydroxyl groups excluding tert-OH is 1. The van der Waals surface area contributed by atoms with Crippen molar-refractivity contribution in [1.82, 2.24) is 0 Å². The predicted molar refractivity (Wildman–Crippen MR) is 128 cm³/mol. The van der Waals surface area contributed by atoms with Crippen molar-refractivity contribution in [2.75, 3.05) is 12.9 Å². The van der Waals surface area contributed by atoms with Crippen molar-refractivity contribution in [3.63, 3.8) is 0 Å². The molecule has 3 fully saturated rings. The van der Waals surface area contributed by atoms with Gasteiger partial charge in [0.1, 0.15) is 12.8 Å². The molecule has 9 atom stereocenters. The van der Waals surface area contributed by atoms with Crippen LogP contribution in [0.1, 0.15) is 53.4 Å². The number of Topliss-reactive ketones (excluding diaryl/α,β-unsaturated/α-hetero) is 1. The molecule has 0 unspecified atom stereocenters. The summed E-state index contributed by atoms with van der Waals surface area (Å²) in [5.41, 5.74) is -7.24. The van der Waals surface area contributed by atoms with Crippen molar-refractivity contribution in [3.8, 4) is 0 Å². The summed E-state index contributed by atoms with van der Waals surface area (Å²) in [4.78, 5) is 38.3. The van der Waals surface area contributed by atoms with Crippen LogP contribution >= 0.6 is 0 Å². The minimum absolute atomic E-state index is 0.0197. The Morgan fingerprint density at radius 1 is 1.22 bits per heavy atom. The number of halogens is 2. The summed E-state index contributed by atoms with van der Waals surface area (Å²) >= 11 is 0. The second-order valence-electron chi connectivity index (χ2n) is 11.4. The first kappa shape index (κ1) is 28.0. The number of alkyl halides is 2. The Morgan fingerprint density at radius 3 is 2.46 bits per heavy atom. The highest BCUT2D eigenvalue weighted by Crippen LogP contribution is 2.71. The van der Waals surface area contributed by atoms with Gasteiger partial charge in [-0.2, -0.15) is 8.42 Å². The second-order valence-corrected chi connectivity index (χ2v) is 13.1. The van der Waals surface area contributed by atoms with Gasteiger partial charge in [0.05, 0.1) is 12.4 Å². The Kier molecular flexibility index (Phi) is 6.65. The number of fused-ring (bicyclic) bond motifs is 5. The predicted octanol–water partition coefficient (Wildman–Crippen LogP) is 2.79. The minimum atomic E-state index is -4.01. The summed E-state index contributed by atoms with van der Waals surface area (Å²) in [7, 11) is -4.01. The number of carbonyl (C=O) groups excluding carboxylic acids is 3. The quantitative estimate of drug-likeness (QED) is 0.400. The standard InChI is InChI=1S/C26H34F2O8S/c1-6-22(32)36-26(21(31)13-35-37(5,33)34)14(2)9-16-17-11-19(27)18-10-15(29)7-8-23(18,3)25(17,28)20(30)12-24(16,26)4/h7-8,10,14,16-17,19-20,30H,6,9,11-13H2,1-5H3/t14-,16-,17+,19-,20-,23+,24-,25-,26-/m0/s1. The van der Waals surface area contributed by atoms with E-state index in [0.717, 1.165) is 12.3 Å². The smallest absolute Gasteiger partial charge is 0.306 e. The lowest BCUT2D eigenvalue weighted by molar-refractivity contribution is -0.231. The van der Waals surface area contributed by atoms with Gasteiger partial charge in [-0.15, -0.1) is 0 Å². The Balaban J connectivity index is 1.85. The Labute approximate surface area is 215 Å². The van der Waals surface area contributed by atoms with Crippen molar-refractivity contribution in [1.29, 1.82) is 0 Å². The highest BCUT2D eigenvalue weighted by atomic mass is 32.2. The molecular weight excluding hydrogens is 510 g/mol. The third-order valence-electron chi connectivity index (χ3n) is 9.55. The van der Waals surface area contributed by atoms with Gasteiger partial charge in [-0.3, -0.25) is 18.6 Å². The summed E-state index contributed by atoms with van der Waals surface area (Å²) in [6.07, 6.45) is 0.485. The van der Waals surface area contributed by atoms with E-state index < -0.39 is 86.4 Å². The highest BCUT2D eigenvalue weighted by Gasteiger charge is 2.78. The fourth-order valence-electron chi connectivity index (χ4n) is 7.91. The fraction of sp³-hybridized carbons (Fsp3) is 0.731. The van der Waals surface area contributed by atoms with Crippen LogP contribution in [0.5, 0.6) is 0 Å². The zero-order valence-corrected chi connectivity index (χ0v) is 22.4. The van der Waals surface area contributed by atoms with Gasteiger partial charge in [0.15, 0.2) is 17.1 Å². The van der Waals surface area contributed by atoms with Gasteiger partial charge < -0.3 is 9.84 Å². The monoisotopic (exact) mass is 544 g/mol. The molecule has 0 aromatic carbocycles. The molecule has 0 radical (unpaired) electrons. The number of allylic oxidation sites excluding steroid dienone is 4. The topological polar surface area (TPSA) is 124 Å². The molecule has 4 rings (SSSR count). The summed E-state index contributed by atoms with van der Waals surface area (Å²) < 4.78 is 66.8. The van der Waals surface area contributed by atoms with Gasteiger partial charge in [-0.25, -0.2) is 8.78 Å². The van der Waals surface area contributed by atoms with Gasteiger partial charge in [0, 0.05) is 29.1 Å².